The fourth-order valence-corrected chi connectivity index (χ4v) is 2.80. The van der Waals surface area contributed by atoms with Gasteiger partial charge in [-0.15, -0.1) is 0 Å². The molecule has 0 radical (unpaired) electrons. The van der Waals surface area contributed by atoms with Crippen molar-refractivity contribution in [2.24, 2.45) is 0 Å². The van der Waals surface area contributed by atoms with Gasteiger partial charge in [0.2, 0.25) is 0 Å². The molecule has 6 nitrogen and oxygen atoms in total. The van der Waals surface area contributed by atoms with Gasteiger partial charge in [-0.2, -0.15) is 0 Å². The first kappa shape index (κ1) is 17.8. The summed E-state index contributed by atoms with van der Waals surface area (Å²) in [5, 5.41) is 5.73. The number of para-hydroxylation sites is 1. The Kier molecular flexibility index (Phi) is 6.09. The average molecular weight is 353 g/mol. The normalized spacial score (nSPS) is 13.3. The van der Waals surface area contributed by atoms with Gasteiger partial charge in [0, 0.05) is 25.3 Å². The number of nitrogens with one attached hydrogen (secondary N) is 2. The van der Waals surface area contributed by atoms with Crippen LogP contribution in [-0.2, 0) is 11.3 Å². The van der Waals surface area contributed by atoms with E-state index < -0.39 is 0 Å². The lowest BCUT2D eigenvalue weighted by Crippen LogP contribution is -2.32. The summed E-state index contributed by atoms with van der Waals surface area (Å²) in [6.07, 6.45) is 2.12. The Morgan fingerprint density at radius 1 is 1.00 bits per heavy atom. The van der Waals surface area contributed by atoms with Crippen LogP contribution in [0, 0.1) is 0 Å². The van der Waals surface area contributed by atoms with Crippen molar-refractivity contribution < 1.29 is 14.3 Å². The molecule has 1 saturated heterocycles. The fourth-order valence-electron chi connectivity index (χ4n) is 2.80. The molecule has 0 spiro atoms. The highest BCUT2D eigenvalue weighted by atomic mass is 16.5. The number of amides is 3. The Balaban J connectivity index is 1.45. The average Bonchev–Trinajstić information content (AvgIpc) is 3.21. The van der Waals surface area contributed by atoms with Crippen LogP contribution in [0.5, 0.6) is 5.75 Å². The number of carbonyl (C=O) groups excluding carboxylic acids is 2. The Morgan fingerprint density at radius 2 is 1.77 bits per heavy atom. The standard InChI is InChI=1S/C20H23N3O3/c24-19(15-26-18-9-2-1-3-10-18)21-14-16-7-6-8-17(13-16)22-20(25)23-11-4-5-12-23/h1-3,6-10,13H,4-5,11-12,14-15H2,(H,21,24)(H,22,25). The summed E-state index contributed by atoms with van der Waals surface area (Å²) in [6.45, 7) is 1.96. The van der Waals surface area contributed by atoms with Crippen LogP contribution in [0.25, 0.3) is 0 Å². The Bertz CT molecular complexity index is 743. The van der Waals surface area contributed by atoms with E-state index in [1.807, 2.05) is 47.4 Å². The minimum absolute atomic E-state index is 0.0323. The van der Waals surface area contributed by atoms with Crippen molar-refractivity contribution >= 4 is 17.6 Å². The number of nitrogens with zero attached hydrogens (tertiary/aromatic N) is 1. The van der Waals surface area contributed by atoms with Gasteiger partial charge in [-0.1, -0.05) is 30.3 Å². The first-order valence-corrected chi connectivity index (χ1v) is 8.80. The molecule has 0 bridgehead atoms. The van der Waals surface area contributed by atoms with Gasteiger partial charge in [0.05, 0.1) is 0 Å². The molecular formula is C20H23N3O3. The highest BCUT2D eigenvalue weighted by Crippen LogP contribution is 2.14. The number of hydrogen-bond donors (Lipinski definition) is 2. The third-order valence-corrected chi connectivity index (χ3v) is 4.17. The molecule has 0 atom stereocenters. The molecule has 0 aliphatic carbocycles. The fraction of sp³-hybridized carbons (Fsp3) is 0.300. The summed E-state index contributed by atoms with van der Waals surface area (Å²) < 4.78 is 5.41. The third kappa shape index (κ3) is 5.24. The SMILES string of the molecule is O=C(COc1ccccc1)NCc1cccc(NC(=O)N2CCCC2)c1. The van der Waals surface area contributed by atoms with Crippen LogP contribution in [0.2, 0.25) is 0 Å². The summed E-state index contributed by atoms with van der Waals surface area (Å²) >= 11 is 0. The van der Waals surface area contributed by atoms with Gasteiger partial charge in [-0.25, -0.2) is 4.79 Å². The molecule has 3 rings (SSSR count). The highest BCUT2D eigenvalue weighted by Gasteiger charge is 2.17. The molecule has 1 aliphatic heterocycles. The summed E-state index contributed by atoms with van der Waals surface area (Å²) in [5.41, 5.74) is 1.64. The largest absolute Gasteiger partial charge is 0.484 e. The Morgan fingerprint density at radius 3 is 2.54 bits per heavy atom. The van der Waals surface area contributed by atoms with Gasteiger partial charge >= 0.3 is 6.03 Å². The van der Waals surface area contributed by atoms with Crippen molar-refractivity contribution in [2.45, 2.75) is 19.4 Å². The molecule has 2 N–H and O–H groups in total. The lowest BCUT2D eigenvalue weighted by molar-refractivity contribution is -0.123. The van der Waals surface area contributed by atoms with Crippen molar-refractivity contribution in [1.82, 2.24) is 10.2 Å². The number of likely N-dealkylation sites (tertiary alicyclic amines) is 1. The van der Waals surface area contributed by atoms with E-state index in [0.717, 1.165) is 37.2 Å². The van der Waals surface area contributed by atoms with Gasteiger partial charge < -0.3 is 20.3 Å². The van der Waals surface area contributed by atoms with Crippen LogP contribution < -0.4 is 15.4 Å². The second kappa shape index (κ2) is 8.89. The smallest absolute Gasteiger partial charge is 0.321 e. The van der Waals surface area contributed by atoms with Crippen LogP contribution in [-0.4, -0.2) is 36.5 Å². The molecule has 1 fully saturated rings. The molecule has 26 heavy (non-hydrogen) atoms. The number of carbonyl (C=O) groups is 2. The second-order valence-corrected chi connectivity index (χ2v) is 6.20. The lowest BCUT2D eigenvalue weighted by Gasteiger charge is -2.16. The van der Waals surface area contributed by atoms with Crippen LogP contribution in [0.3, 0.4) is 0 Å². The third-order valence-electron chi connectivity index (χ3n) is 4.17. The topological polar surface area (TPSA) is 70.7 Å². The second-order valence-electron chi connectivity index (χ2n) is 6.20. The zero-order chi connectivity index (χ0) is 18.2. The molecule has 0 unspecified atom stereocenters. The van der Waals surface area contributed by atoms with Gasteiger partial charge in [-0.05, 0) is 42.7 Å². The molecule has 2 aromatic rings. The maximum atomic E-state index is 12.1. The maximum absolute atomic E-state index is 12.1. The molecule has 1 heterocycles. The van der Waals surface area contributed by atoms with Crippen LogP contribution in [0.1, 0.15) is 18.4 Å². The van der Waals surface area contributed by atoms with Gasteiger partial charge in [-0.3, -0.25) is 4.79 Å². The van der Waals surface area contributed by atoms with E-state index >= 15 is 0 Å². The number of urea groups is 1. The zero-order valence-electron chi connectivity index (χ0n) is 14.6. The molecule has 0 saturated carbocycles. The van der Waals surface area contributed by atoms with Crippen molar-refractivity contribution in [2.75, 3.05) is 25.0 Å². The predicted molar refractivity (Wildman–Crippen MR) is 100 cm³/mol. The quantitative estimate of drug-likeness (QED) is 0.839. The monoisotopic (exact) mass is 353 g/mol. The van der Waals surface area contributed by atoms with Crippen molar-refractivity contribution in [3.8, 4) is 5.75 Å². The molecular weight excluding hydrogens is 330 g/mol. The summed E-state index contributed by atoms with van der Waals surface area (Å²) in [4.78, 5) is 25.9. The summed E-state index contributed by atoms with van der Waals surface area (Å²) in [7, 11) is 0. The summed E-state index contributed by atoms with van der Waals surface area (Å²) in [6, 6.07) is 16.6. The van der Waals surface area contributed by atoms with Gasteiger partial charge in [0.1, 0.15) is 5.75 Å². The van der Waals surface area contributed by atoms with E-state index in [9.17, 15) is 9.59 Å². The number of anilines is 1. The van der Waals surface area contributed by atoms with Crippen molar-refractivity contribution in [3.63, 3.8) is 0 Å². The summed E-state index contributed by atoms with van der Waals surface area (Å²) in [5.74, 6) is 0.467. The Hall–Kier alpha value is -3.02. The molecule has 1 aliphatic rings. The van der Waals surface area contributed by atoms with E-state index in [1.165, 1.54) is 0 Å². The highest BCUT2D eigenvalue weighted by molar-refractivity contribution is 5.89. The number of rotatable bonds is 6. The predicted octanol–water partition coefficient (Wildman–Crippen LogP) is 3.01. The van der Waals surface area contributed by atoms with Crippen LogP contribution in [0.4, 0.5) is 10.5 Å². The van der Waals surface area contributed by atoms with Gasteiger partial charge in [0.25, 0.3) is 5.91 Å². The lowest BCUT2D eigenvalue weighted by atomic mass is 10.2. The van der Waals surface area contributed by atoms with Crippen LogP contribution in [0.15, 0.2) is 54.6 Å². The molecule has 2 aromatic carbocycles. The first-order valence-electron chi connectivity index (χ1n) is 8.80. The molecule has 6 heteroatoms. The van der Waals surface area contributed by atoms with E-state index in [2.05, 4.69) is 10.6 Å². The van der Waals surface area contributed by atoms with E-state index in [-0.39, 0.29) is 18.5 Å². The number of hydrogen-bond acceptors (Lipinski definition) is 3. The zero-order valence-corrected chi connectivity index (χ0v) is 14.6. The van der Waals surface area contributed by atoms with E-state index in [1.54, 1.807) is 12.1 Å². The first-order chi connectivity index (χ1) is 12.7. The van der Waals surface area contributed by atoms with Crippen molar-refractivity contribution in [3.05, 3.63) is 60.2 Å². The maximum Gasteiger partial charge on any atom is 0.321 e. The molecule has 3 amide bonds. The van der Waals surface area contributed by atoms with Crippen LogP contribution >= 0.6 is 0 Å². The van der Waals surface area contributed by atoms with Crippen molar-refractivity contribution in [1.29, 1.82) is 0 Å². The Labute approximate surface area is 153 Å². The minimum atomic E-state index is -0.194. The minimum Gasteiger partial charge on any atom is -0.484 e. The number of ether oxygens (including phenoxy) is 1. The van der Waals surface area contributed by atoms with E-state index in [4.69, 9.17) is 4.74 Å². The molecule has 0 aromatic heterocycles. The van der Waals surface area contributed by atoms with E-state index in [0.29, 0.717) is 12.3 Å². The molecule has 136 valence electrons. The van der Waals surface area contributed by atoms with Gasteiger partial charge in [0.15, 0.2) is 6.61 Å². The number of benzene rings is 2.